The molecule has 0 aromatic carbocycles. The molecule has 0 aromatic heterocycles. The third-order valence-corrected chi connectivity index (χ3v) is 4.20. The van der Waals surface area contributed by atoms with E-state index in [9.17, 15) is 4.79 Å². The second-order valence-corrected chi connectivity index (χ2v) is 5.74. The van der Waals surface area contributed by atoms with Crippen LogP contribution in [-0.2, 0) is 9.53 Å². The lowest BCUT2D eigenvalue weighted by molar-refractivity contribution is -0.137. The van der Waals surface area contributed by atoms with Crippen molar-refractivity contribution in [1.29, 1.82) is 0 Å². The van der Waals surface area contributed by atoms with E-state index in [0.717, 1.165) is 29.3 Å². The number of carbonyl (C=O) groups is 1. The molecule has 0 spiro atoms. The van der Waals surface area contributed by atoms with Gasteiger partial charge in [0, 0.05) is 0 Å². The lowest BCUT2D eigenvalue weighted by atomic mass is 10.4. The molecule has 0 bridgehead atoms. The summed E-state index contributed by atoms with van der Waals surface area (Å²) in [6.45, 7) is 6.62. The Labute approximate surface area is 114 Å². The number of hydrogen-bond acceptors (Lipinski definition) is 4. The fraction of sp³-hybridized carbons (Fsp3) is 0.769. The molecule has 4 heteroatoms. The third-order valence-electron chi connectivity index (χ3n) is 2.04. The average Bonchev–Trinajstić information content (AvgIpc) is 2.32. The number of rotatable bonds is 10. The minimum atomic E-state index is -0.169. The molecule has 100 valence electrons. The van der Waals surface area contributed by atoms with Crippen LogP contribution in [0.4, 0.5) is 0 Å². The van der Waals surface area contributed by atoms with Crippen LogP contribution < -0.4 is 0 Å². The molecule has 0 aliphatic rings. The molecule has 0 aliphatic heterocycles. The number of unbranched alkanes of at least 4 members (excludes halogenated alkanes) is 2. The lowest BCUT2D eigenvalue weighted by Gasteiger charge is -2.06. The Kier molecular flexibility index (Phi) is 12.3. The van der Waals surface area contributed by atoms with Gasteiger partial charge in [-0.05, 0) is 36.7 Å². The van der Waals surface area contributed by atoms with E-state index < -0.39 is 0 Å². The van der Waals surface area contributed by atoms with Gasteiger partial charge in [-0.1, -0.05) is 26.7 Å². The van der Waals surface area contributed by atoms with Crippen LogP contribution in [0.5, 0.6) is 0 Å². The monoisotopic (exact) mass is 276 g/mol. The van der Waals surface area contributed by atoms with Gasteiger partial charge in [0.15, 0.2) is 0 Å². The second-order valence-electron chi connectivity index (χ2n) is 3.63. The number of hydrogen-bond donors (Lipinski definition) is 0. The molecule has 0 unspecified atom stereocenters. The first-order chi connectivity index (χ1) is 8.26. The highest BCUT2D eigenvalue weighted by atomic mass is 32.2. The van der Waals surface area contributed by atoms with Crippen LogP contribution in [0, 0.1) is 0 Å². The van der Waals surface area contributed by atoms with Gasteiger partial charge in [0.1, 0.15) is 0 Å². The van der Waals surface area contributed by atoms with Crippen LogP contribution in [0.2, 0.25) is 0 Å². The standard InChI is InChI=1S/C13H24O2S2/c1-4-7-9-16-11-12(13(14)15-6-3)17-10-8-5-2/h11H,4-10H2,1-3H3/b12-11-. The number of esters is 1. The third kappa shape index (κ3) is 9.60. The van der Waals surface area contributed by atoms with Crippen molar-refractivity contribution in [3.05, 3.63) is 10.3 Å². The van der Waals surface area contributed by atoms with E-state index in [1.807, 2.05) is 12.3 Å². The topological polar surface area (TPSA) is 26.3 Å². The van der Waals surface area contributed by atoms with Gasteiger partial charge < -0.3 is 4.74 Å². The van der Waals surface area contributed by atoms with Gasteiger partial charge in [-0.15, -0.1) is 23.5 Å². The zero-order valence-electron chi connectivity index (χ0n) is 11.2. The first kappa shape index (κ1) is 16.9. The van der Waals surface area contributed by atoms with Gasteiger partial charge in [0.25, 0.3) is 0 Å². The molecular formula is C13H24O2S2. The van der Waals surface area contributed by atoms with Crippen LogP contribution in [0.25, 0.3) is 0 Å². The lowest BCUT2D eigenvalue weighted by Crippen LogP contribution is -2.05. The maximum atomic E-state index is 11.7. The van der Waals surface area contributed by atoms with E-state index in [4.69, 9.17) is 4.74 Å². The SMILES string of the molecule is CCCCS/C=C(\SCCCC)C(=O)OCC. The van der Waals surface area contributed by atoms with Crippen LogP contribution in [0.15, 0.2) is 10.3 Å². The highest BCUT2D eigenvalue weighted by Crippen LogP contribution is 2.23. The summed E-state index contributed by atoms with van der Waals surface area (Å²) in [6, 6.07) is 0. The quantitative estimate of drug-likeness (QED) is 0.334. The molecule has 0 radical (unpaired) electrons. The van der Waals surface area contributed by atoms with Gasteiger partial charge >= 0.3 is 5.97 Å². The van der Waals surface area contributed by atoms with Gasteiger partial charge in [0.2, 0.25) is 0 Å². The van der Waals surface area contributed by atoms with Crippen molar-refractivity contribution in [1.82, 2.24) is 0 Å². The summed E-state index contributed by atoms with van der Waals surface area (Å²) in [7, 11) is 0. The summed E-state index contributed by atoms with van der Waals surface area (Å²) < 4.78 is 5.05. The summed E-state index contributed by atoms with van der Waals surface area (Å²) in [6.07, 6.45) is 4.68. The van der Waals surface area contributed by atoms with Crippen molar-refractivity contribution < 1.29 is 9.53 Å². The van der Waals surface area contributed by atoms with Crippen LogP contribution in [0.3, 0.4) is 0 Å². The Morgan fingerprint density at radius 1 is 1.12 bits per heavy atom. The molecule has 0 rings (SSSR count). The predicted molar refractivity (Wildman–Crippen MR) is 79.4 cm³/mol. The summed E-state index contributed by atoms with van der Waals surface area (Å²) in [5, 5.41) is 1.97. The van der Waals surface area contributed by atoms with E-state index >= 15 is 0 Å². The van der Waals surface area contributed by atoms with E-state index in [1.54, 1.807) is 23.5 Å². The van der Waals surface area contributed by atoms with E-state index in [0.29, 0.717) is 6.61 Å². The molecule has 2 nitrogen and oxygen atoms in total. The Balaban J connectivity index is 4.12. The predicted octanol–water partition coefficient (Wildman–Crippen LogP) is 4.46. The molecule has 0 saturated carbocycles. The summed E-state index contributed by atoms with van der Waals surface area (Å²) in [5.74, 6) is 1.90. The number of ether oxygens (including phenoxy) is 1. The fourth-order valence-electron chi connectivity index (χ4n) is 1.03. The summed E-state index contributed by atoms with van der Waals surface area (Å²) in [4.78, 5) is 12.4. The zero-order chi connectivity index (χ0) is 12.9. The van der Waals surface area contributed by atoms with Crippen molar-refractivity contribution in [2.24, 2.45) is 0 Å². The molecule has 0 fully saturated rings. The summed E-state index contributed by atoms with van der Waals surface area (Å²) >= 11 is 3.33. The Hall–Kier alpha value is -0.0900. The largest absolute Gasteiger partial charge is 0.462 e. The smallest absolute Gasteiger partial charge is 0.345 e. The molecule has 0 saturated heterocycles. The minimum absolute atomic E-state index is 0.169. The Morgan fingerprint density at radius 3 is 2.35 bits per heavy atom. The molecule has 0 atom stereocenters. The van der Waals surface area contributed by atoms with E-state index in [1.165, 1.54) is 12.8 Å². The van der Waals surface area contributed by atoms with Crippen LogP contribution in [-0.4, -0.2) is 24.1 Å². The van der Waals surface area contributed by atoms with Crippen molar-refractivity contribution in [3.63, 3.8) is 0 Å². The van der Waals surface area contributed by atoms with Crippen molar-refractivity contribution in [2.45, 2.75) is 46.5 Å². The Bertz CT molecular complexity index is 227. The number of thioether (sulfide) groups is 2. The highest BCUT2D eigenvalue weighted by Gasteiger charge is 2.10. The molecule has 0 heterocycles. The van der Waals surface area contributed by atoms with Gasteiger partial charge in [-0.2, -0.15) is 0 Å². The van der Waals surface area contributed by atoms with Gasteiger partial charge in [-0.3, -0.25) is 0 Å². The van der Waals surface area contributed by atoms with Gasteiger partial charge in [0.05, 0.1) is 11.5 Å². The summed E-state index contributed by atoms with van der Waals surface area (Å²) in [5.41, 5.74) is 0. The first-order valence-electron chi connectivity index (χ1n) is 6.37. The molecule has 0 amide bonds. The second kappa shape index (κ2) is 12.4. The molecular weight excluding hydrogens is 252 g/mol. The minimum Gasteiger partial charge on any atom is -0.462 e. The average molecular weight is 276 g/mol. The first-order valence-corrected chi connectivity index (χ1v) is 8.41. The molecule has 0 aliphatic carbocycles. The zero-order valence-corrected chi connectivity index (χ0v) is 12.8. The maximum absolute atomic E-state index is 11.7. The van der Waals surface area contributed by atoms with Crippen molar-refractivity contribution in [2.75, 3.05) is 18.1 Å². The van der Waals surface area contributed by atoms with E-state index in [-0.39, 0.29) is 5.97 Å². The van der Waals surface area contributed by atoms with Gasteiger partial charge in [-0.25, -0.2) is 4.79 Å². The highest BCUT2D eigenvalue weighted by molar-refractivity contribution is 8.06. The van der Waals surface area contributed by atoms with E-state index in [2.05, 4.69) is 13.8 Å². The van der Waals surface area contributed by atoms with Crippen molar-refractivity contribution >= 4 is 29.5 Å². The number of carbonyl (C=O) groups excluding carboxylic acids is 1. The van der Waals surface area contributed by atoms with Crippen molar-refractivity contribution in [3.8, 4) is 0 Å². The normalized spacial score (nSPS) is 11.6. The van der Waals surface area contributed by atoms with Crippen LogP contribution in [0.1, 0.15) is 46.5 Å². The Morgan fingerprint density at radius 2 is 1.76 bits per heavy atom. The molecule has 0 N–H and O–H groups in total. The maximum Gasteiger partial charge on any atom is 0.345 e. The van der Waals surface area contributed by atoms with Crippen LogP contribution >= 0.6 is 23.5 Å². The fourth-order valence-corrected chi connectivity index (χ4v) is 3.16. The molecule has 0 aromatic rings. The molecule has 17 heavy (non-hydrogen) atoms.